The third-order valence-corrected chi connectivity index (χ3v) is 5.02. The van der Waals surface area contributed by atoms with Gasteiger partial charge in [0, 0.05) is 5.56 Å². The van der Waals surface area contributed by atoms with Crippen LogP contribution in [-0.2, 0) is 9.59 Å². The maximum atomic E-state index is 12.5. The SMILES string of the molecule is COc1ccc(-c2nc(SCC(=O)N3C(=O)C(=O)c4ccccc43)n[nH]2)cc1. The summed E-state index contributed by atoms with van der Waals surface area (Å²) in [6, 6.07) is 13.7. The number of ether oxygens (including phenoxy) is 1. The monoisotopic (exact) mass is 394 g/mol. The van der Waals surface area contributed by atoms with Crippen LogP contribution in [0.25, 0.3) is 11.4 Å². The van der Waals surface area contributed by atoms with Crippen molar-refractivity contribution in [3.05, 3.63) is 54.1 Å². The molecule has 0 radical (unpaired) electrons. The van der Waals surface area contributed by atoms with E-state index in [1.165, 1.54) is 6.07 Å². The van der Waals surface area contributed by atoms with Crippen LogP contribution in [-0.4, -0.2) is 45.6 Å². The first-order valence-electron chi connectivity index (χ1n) is 8.29. The normalized spacial score (nSPS) is 13.0. The van der Waals surface area contributed by atoms with Crippen LogP contribution < -0.4 is 9.64 Å². The van der Waals surface area contributed by atoms with E-state index in [-0.39, 0.29) is 11.3 Å². The number of nitrogens with one attached hydrogen (secondary N) is 1. The van der Waals surface area contributed by atoms with Gasteiger partial charge in [0.15, 0.2) is 5.82 Å². The number of benzene rings is 2. The van der Waals surface area contributed by atoms with E-state index in [0.29, 0.717) is 16.7 Å². The smallest absolute Gasteiger partial charge is 0.306 e. The van der Waals surface area contributed by atoms with Crippen molar-refractivity contribution in [3.8, 4) is 17.1 Å². The Morgan fingerprint density at radius 1 is 1.14 bits per heavy atom. The number of hydrogen-bond donors (Lipinski definition) is 1. The van der Waals surface area contributed by atoms with Crippen LogP contribution in [0.1, 0.15) is 10.4 Å². The molecule has 140 valence electrons. The molecular weight excluding hydrogens is 380 g/mol. The van der Waals surface area contributed by atoms with Crippen molar-refractivity contribution in [2.24, 2.45) is 0 Å². The van der Waals surface area contributed by atoms with Crippen LogP contribution in [0, 0.1) is 0 Å². The summed E-state index contributed by atoms with van der Waals surface area (Å²) in [6.07, 6.45) is 0. The lowest BCUT2D eigenvalue weighted by molar-refractivity contribution is -0.122. The van der Waals surface area contributed by atoms with E-state index in [4.69, 9.17) is 4.74 Å². The highest BCUT2D eigenvalue weighted by Gasteiger charge is 2.39. The number of methoxy groups -OCH3 is 1. The van der Waals surface area contributed by atoms with Crippen LogP contribution in [0.2, 0.25) is 0 Å². The third-order valence-electron chi connectivity index (χ3n) is 4.19. The van der Waals surface area contributed by atoms with E-state index < -0.39 is 17.6 Å². The molecule has 0 spiro atoms. The van der Waals surface area contributed by atoms with Gasteiger partial charge in [-0.3, -0.25) is 19.5 Å². The first kappa shape index (κ1) is 17.9. The van der Waals surface area contributed by atoms with Gasteiger partial charge in [0.05, 0.1) is 24.1 Å². The molecule has 2 heterocycles. The summed E-state index contributed by atoms with van der Waals surface area (Å²) in [5, 5.41) is 7.27. The molecule has 0 aliphatic carbocycles. The van der Waals surface area contributed by atoms with Gasteiger partial charge >= 0.3 is 5.91 Å². The van der Waals surface area contributed by atoms with Crippen molar-refractivity contribution in [1.29, 1.82) is 0 Å². The number of rotatable bonds is 5. The molecule has 1 aliphatic heterocycles. The molecule has 2 aromatic carbocycles. The maximum Gasteiger partial charge on any atom is 0.306 e. The highest BCUT2D eigenvalue weighted by atomic mass is 32.2. The number of hydrogen-bond acceptors (Lipinski definition) is 7. The summed E-state index contributed by atoms with van der Waals surface area (Å²) in [5.41, 5.74) is 1.38. The Kier molecular flexibility index (Phi) is 4.66. The van der Waals surface area contributed by atoms with E-state index >= 15 is 0 Å². The van der Waals surface area contributed by atoms with Crippen molar-refractivity contribution < 1.29 is 19.1 Å². The molecule has 0 bridgehead atoms. The van der Waals surface area contributed by atoms with Gasteiger partial charge in [-0.15, -0.1) is 5.10 Å². The standard InChI is InChI=1S/C19H14N4O4S/c1-27-12-8-6-11(7-9-12)17-20-19(22-21-17)28-10-15(24)23-14-5-3-2-4-13(14)16(25)18(23)26/h2-9H,10H2,1H3,(H,20,21,22). The lowest BCUT2D eigenvalue weighted by Gasteiger charge is -2.13. The molecule has 4 rings (SSSR count). The second-order valence-electron chi connectivity index (χ2n) is 5.86. The zero-order valence-corrected chi connectivity index (χ0v) is 15.5. The van der Waals surface area contributed by atoms with E-state index in [1.807, 2.05) is 24.3 Å². The van der Waals surface area contributed by atoms with Crippen molar-refractivity contribution in [1.82, 2.24) is 15.2 Å². The molecule has 0 fully saturated rings. The van der Waals surface area contributed by atoms with Gasteiger partial charge in [0.2, 0.25) is 11.1 Å². The maximum absolute atomic E-state index is 12.5. The van der Waals surface area contributed by atoms with E-state index in [2.05, 4.69) is 15.2 Å². The second-order valence-corrected chi connectivity index (χ2v) is 6.81. The molecule has 1 aromatic heterocycles. The number of aromatic nitrogens is 3. The molecule has 2 amide bonds. The average molecular weight is 394 g/mol. The summed E-state index contributed by atoms with van der Waals surface area (Å²) in [6.45, 7) is 0. The van der Waals surface area contributed by atoms with E-state index in [0.717, 1.165) is 28.0 Å². The van der Waals surface area contributed by atoms with Gasteiger partial charge in [-0.2, -0.15) is 0 Å². The number of ketones is 1. The number of aromatic amines is 1. The summed E-state index contributed by atoms with van der Waals surface area (Å²) in [5.74, 6) is -0.796. The Labute approximate surface area is 163 Å². The predicted octanol–water partition coefficient (Wildman–Crippen LogP) is 2.33. The fourth-order valence-electron chi connectivity index (χ4n) is 2.81. The van der Waals surface area contributed by atoms with Crippen LogP contribution >= 0.6 is 11.8 Å². The molecular formula is C19H14N4O4S. The minimum absolute atomic E-state index is 0.0761. The minimum Gasteiger partial charge on any atom is -0.497 e. The molecule has 8 nitrogen and oxygen atoms in total. The molecule has 28 heavy (non-hydrogen) atoms. The summed E-state index contributed by atoms with van der Waals surface area (Å²) in [7, 11) is 1.59. The molecule has 1 aliphatic rings. The number of thioether (sulfide) groups is 1. The largest absolute Gasteiger partial charge is 0.497 e. The first-order valence-corrected chi connectivity index (χ1v) is 9.27. The fraction of sp³-hybridized carbons (Fsp3) is 0.105. The Morgan fingerprint density at radius 3 is 2.64 bits per heavy atom. The topological polar surface area (TPSA) is 105 Å². The van der Waals surface area contributed by atoms with Gasteiger partial charge in [-0.05, 0) is 36.4 Å². The summed E-state index contributed by atoms with van der Waals surface area (Å²) < 4.78 is 5.12. The molecule has 0 unspecified atom stereocenters. The summed E-state index contributed by atoms with van der Waals surface area (Å²) >= 11 is 1.08. The van der Waals surface area contributed by atoms with E-state index in [9.17, 15) is 14.4 Å². The zero-order valence-electron chi connectivity index (χ0n) is 14.7. The van der Waals surface area contributed by atoms with Gasteiger partial charge < -0.3 is 4.74 Å². The van der Waals surface area contributed by atoms with Crippen molar-refractivity contribution >= 4 is 35.0 Å². The number of carbonyl (C=O) groups excluding carboxylic acids is 3. The number of carbonyl (C=O) groups is 3. The molecule has 9 heteroatoms. The Bertz CT molecular complexity index is 1080. The predicted molar refractivity (Wildman–Crippen MR) is 102 cm³/mol. The number of Topliss-reactive ketones (excluding diaryl/α,β-unsaturated/α-hetero) is 1. The second kappa shape index (κ2) is 7.28. The third kappa shape index (κ3) is 3.16. The Balaban J connectivity index is 1.45. The average Bonchev–Trinajstić information content (AvgIpc) is 3.30. The first-order chi connectivity index (χ1) is 13.6. The van der Waals surface area contributed by atoms with Gasteiger partial charge in [-0.1, -0.05) is 23.9 Å². The quantitative estimate of drug-likeness (QED) is 0.523. The summed E-state index contributed by atoms with van der Waals surface area (Å²) in [4.78, 5) is 42.0. The molecule has 1 N–H and O–H groups in total. The number of fused-ring (bicyclic) bond motifs is 1. The number of H-pyrrole nitrogens is 1. The number of anilines is 1. The number of imide groups is 1. The number of para-hydroxylation sites is 1. The fourth-order valence-corrected chi connectivity index (χ4v) is 3.46. The van der Waals surface area contributed by atoms with Crippen molar-refractivity contribution in [2.75, 3.05) is 17.8 Å². The number of nitrogens with zero attached hydrogens (tertiary/aromatic N) is 3. The molecule has 0 saturated heterocycles. The van der Waals surface area contributed by atoms with Gasteiger partial charge in [-0.25, -0.2) is 9.88 Å². The van der Waals surface area contributed by atoms with Crippen molar-refractivity contribution in [2.45, 2.75) is 5.16 Å². The zero-order chi connectivity index (χ0) is 19.7. The Hall–Kier alpha value is -3.46. The van der Waals surface area contributed by atoms with E-state index in [1.54, 1.807) is 25.3 Å². The highest BCUT2D eigenvalue weighted by molar-refractivity contribution is 7.99. The molecule has 0 atom stereocenters. The van der Waals surface area contributed by atoms with Crippen LogP contribution in [0.3, 0.4) is 0 Å². The van der Waals surface area contributed by atoms with Gasteiger partial charge in [0.25, 0.3) is 5.78 Å². The molecule has 0 saturated carbocycles. The Morgan fingerprint density at radius 2 is 1.89 bits per heavy atom. The molecule has 3 aromatic rings. The van der Waals surface area contributed by atoms with Crippen LogP contribution in [0.15, 0.2) is 53.7 Å². The van der Waals surface area contributed by atoms with Crippen LogP contribution in [0.5, 0.6) is 5.75 Å². The van der Waals surface area contributed by atoms with Gasteiger partial charge in [0.1, 0.15) is 5.75 Å². The van der Waals surface area contributed by atoms with Crippen LogP contribution in [0.4, 0.5) is 5.69 Å². The highest BCUT2D eigenvalue weighted by Crippen LogP contribution is 2.30. The lowest BCUT2D eigenvalue weighted by atomic mass is 10.1. The minimum atomic E-state index is -0.833. The number of amides is 2. The van der Waals surface area contributed by atoms with Crippen molar-refractivity contribution in [3.63, 3.8) is 0 Å². The lowest BCUT2D eigenvalue weighted by Crippen LogP contribution is -2.37.